The van der Waals surface area contributed by atoms with Crippen molar-refractivity contribution in [1.82, 2.24) is 0 Å². The summed E-state index contributed by atoms with van der Waals surface area (Å²) < 4.78 is 48.8. The number of halogens is 4. The van der Waals surface area contributed by atoms with Gasteiger partial charge in [0.2, 0.25) is 0 Å². The van der Waals surface area contributed by atoms with Gasteiger partial charge in [-0.05, 0) is 46.0 Å². The van der Waals surface area contributed by atoms with E-state index in [2.05, 4.69) is 0 Å². The fourth-order valence-electron chi connectivity index (χ4n) is 4.49. The van der Waals surface area contributed by atoms with Crippen molar-refractivity contribution in [3.05, 3.63) is 82.4 Å². The fraction of sp³-hybridized carbons (Fsp3) is 0.259. The number of carbonyl (C=O) groups is 2. The van der Waals surface area contributed by atoms with E-state index < -0.39 is 35.1 Å². The third-order valence-electron chi connectivity index (χ3n) is 6.63. The molecule has 0 fully saturated rings. The van der Waals surface area contributed by atoms with Crippen LogP contribution in [0, 0.1) is 0 Å². The average Bonchev–Trinajstić information content (AvgIpc) is 2.84. The number of aliphatic hydroxyl groups is 1. The molecule has 10 heteroatoms. The van der Waals surface area contributed by atoms with Crippen LogP contribution in [0.2, 0.25) is 5.02 Å². The molecule has 0 aromatic heterocycles. The second kappa shape index (κ2) is 9.72. The SMILES string of the molecule is C[C@@H](c1ccc(-c2cccc(CC(=O)O)c2)cc1Cl)[C@](O)(c1ccc2c(c1)N(C)C(=O)CO2)C(F)(F)F. The van der Waals surface area contributed by atoms with E-state index in [-0.39, 0.29) is 35.1 Å². The maximum absolute atomic E-state index is 14.5. The van der Waals surface area contributed by atoms with Crippen molar-refractivity contribution in [3.63, 3.8) is 0 Å². The third kappa shape index (κ3) is 4.89. The van der Waals surface area contributed by atoms with E-state index in [1.807, 2.05) is 0 Å². The molecule has 0 bridgehead atoms. The van der Waals surface area contributed by atoms with Gasteiger partial charge in [-0.2, -0.15) is 13.2 Å². The minimum Gasteiger partial charge on any atom is -0.482 e. The number of fused-ring (bicyclic) bond motifs is 1. The zero-order valence-electron chi connectivity index (χ0n) is 19.8. The predicted octanol–water partition coefficient (Wildman–Crippen LogP) is 5.54. The summed E-state index contributed by atoms with van der Waals surface area (Å²) in [6.07, 6.45) is -5.27. The number of carboxylic acids is 1. The van der Waals surface area contributed by atoms with Crippen molar-refractivity contribution in [2.45, 2.75) is 31.0 Å². The lowest BCUT2D eigenvalue weighted by atomic mass is 9.77. The molecule has 0 saturated carbocycles. The second-order valence-corrected chi connectivity index (χ2v) is 9.32. The smallest absolute Gasteiger partial charge is 0.422 e. The minimum absolute atomic E-state index is 0.00454. The predicted molar refractivity (Wildman–Crippen MR) is 132 cm³/mol. The number of rotatable bonds is 6. The third-order valence-corrected chi connectivity index (χ3v) is 6.95. The fourth-order valence-corrected chi connectivity index (χ4v) is 4.83. The Bertz CT molecular complexity index is 1380. The molecule has 6 nitrogen and oxygen atoms in total. The molecular weight excluding hydrogens is 511 g/mol. The molecule has 2 atom stereocenters. The number of amides is 1. The summed E-state index contributed by atoms with van der Waals surface area (Å²) in [6.45, 7) is 0.997. The zero-order chi connectivity index (χ0) is 27.1. The molecule has 3 aromatic rings. The molecule has 0 spiro atoms. The lowest BCUT2D eigenvalue weighted by molar-refractivity contribution is -0.274. The Hall–Kier alpha value is -3.56. The number of aliphatic carboxylic acids is 1. The summed E-state index contributed by atoms with van der Waals surface area (Å²) in [5, 5.41) is 20.3. The molecule has 1 heterocycles. The van der Waals surface area contributed by atoms with Gasteiger partial charge in [0.1, 0.15) is 5.75 Å². The number of likely N-dealkylation sites (N-methyl/N-ethyl adjacent to an activating group) is 1. The number of carboxylic acid groups (broad SMARTS) is 1. The van der Waals surface area contributed by atoms with Gasteiger partial charge in [0.25, 0.3) is 5.91 Å². The number of benzene rings is 3. The molecule has 194 valence electrons. The van der Waals surface area contributed by atoms with Crippen molar-refractivity contribution in [1.29, 1.82) is 0 Å². The molecular formula is C27H23ClF3NO5. The highest BCUT2D eigenvalue weighted by atomic mass is 35.5. The Labute approximate surface area is 215 Å². The van der Waals surface area contributed by atoms with Crippen LogP contribution in [0.4, 0.5) is 18.9 Å². The Morgan fingerprint density at radius 2 is 1.81 bits per heavy atom. The molecule has 37 heavy (non-hydrogen) atoms. The van der Waals surface area contributed by atoms with Crippen LogP contribution >= 0.6 is 11.6 Å². The number of alkyl halides is 3. The normalized spacial score (nSPS) is 16.0. The number of hydrogen-bond donors (Lipinski definition) is 2. The van der Waals surface area contributed by atoms with Gasteiger partial charge < -0.3 is 19.8 Å². The summed E-state index contributed by atoms with van der Waals surface area (Å²) in [6, 6.07) is 14.7. The lowest BCUT2D eigenvalue weighted by Gasteiger charge is -2.38. The molecule has 4 rings (SSSR count). The number of ether oxygens (including phenoxy) is 1. The van der Waals surface area contributed by atoms with Crippen molar-refractivity contribution >= 4 is 29.2 Å². The van der Waals surface area contributed by atoms with Gasteiger partial charge in [0.05, 0.1) is 12.1 Å². The van der Waals surface area contributed by atoms with Crippen LogP contribution in [0.1, 0.15) is 29.5 Å². The van der Waals surface area contributed by atoms with Crippen LogP contribution in [-0.2, 0) is 21.6 Å². The van der Waals surface area contributed by atoms with Crippen LogP contribution in [0.5, 0.6) is 5.75 Å². The Balaban J connectivity index is 1.75. The molecule has 2 N–H and O–H groups in total. The first-order valence-corrected chi connectivity index (χ1v) is 11.6. The number of anilines is 1. The van der Waals surface area contributed by atoms with E-state index in [0.717, 1.165) is 12.1 Å². The quantitative estimate of drug-likeness (QED) is 0.434. The first-order chi connectivity index (χ1) is 17.3. The monoisotopic (exact) mass is 533 g/mol. The van der Waals surface area contributed by atoms with Gasteiger partial charge in [-0.3, -0.25) is 9.59 Å². The van der Waals surface area contributed by atoms with E-state index in [1.165, 1.54) is 37.1 Å². The number of hydrogen-bond acceptors (Lipinski definition) is 4. The van der Waals surface area contributed by atoms with Gasteiger partial charge in [-0.15, -0.1) is 0 Å². The highest BCUT2D eigenvalue weighted by molar-refractivity contribution is 6.31. The summed E-state index contributed by atoms with van der Waals surface area (Å²) in [7, 11) is 1.42. The topological polar surface area (TPSA) is 87.1 Å². The minimum atomic E-state index is -5.09. The second-order valence-electron chi connectivity index (χ2n) is 8.92. The van der Waals surface area contributed by atoms with E-state index in [1.54, 1.807) is 30.3 Å². The van der Waals surface area contributed by atoms with Gasteiger partial charge in [-0.25, -0.2) is 0 Å². The molecule has 0 radical (unpaired) electrons. The van der Waals surface area contributed by atoms with Crippen LogP contribution in [-0.4, -0.2) is 41.9 Å². The van der Waals surface area contributed by atoms with E-state index >= 15 is 0 Å². The molecule has 0 saturated heterocycles. The summed E-state index contributed by atoms with van der Waals surface area (Å²) in [5.74, 6) is -2.72. The highest BCUT2D eigenvalue weighted by Crippen LogP contribution is 2.51. The zero-order valence-corrected chi connectivity index (χ0v) is 20.6. The van der Waals surface area contributed by atoms with Crippen molar-refractivity contribution < 1.29 is 37.7 Å². The van der Waals surface area contributed by atoms with Crippen LogP contribution in [0.3, 0.4) is 0 Å². The average molecular weight is 534 g/mol. The van der Waals surface area contributed by atoms with Crippen LogP contribution < -0.4 is 9.64 Å². The summed E-state index contributed by atoms with van der Waals surface area (Å²) >= 11 is 6.45. The van der Waals surface area contributed by atoms with E-state index in [9.17, 15) is 27.9 Å². The standard InChI is InChI=1S/C27H23ClF3NO5/c1-15(20-8-6-18(12-21(20)28)17-5-3-4-16(10-17)11-25(34)35)26(36,27(29,30)31)19-7-9-23-22(13-19)32(2)24(33)14-37-23/h3-10,12-13,15,36H,11,14H2,1-2H3,(H,34,35)/t15-,26-/m0/s1. The molecule has 1 aliphatic heterocycles. The highest BCUT2D eigenvalue weighted by Gasteiger charge is 2.59. The molecule has 1 aliphatic rings. The van der Waals surface area contributed by atoms with E-state index in [0.29, 0.717) is 16.7 Å². The van der Waals surface area contributed by atoms with Crippen molar-refractivity contribution in [2.24, 2.45) is 0 Å². The first kappa shape index (κ1) is 26.5. The Kier molecular flexibility index (Phi) is 6.96. The first-order valence-electron chi connectivity index (χ1n) is 11.3. The summed E-state index contributed by atoms with van der Waals surface area (Å²) in [5.41, 5.74) is -1.84. The van der Waals surface area contributed by atoms with Gasteiger partial charge >= 0.3 is 12.1 Å². The van der Waals surface area contributed by atoms with Gasteiger partial charge in [-0.1, -0.05) is 61.0 Å². The van der Waals surface area contributed by atoms with Crippen LogP contribution in [0.25, 0.3) is 11.1 Å². The van der Waals surface area contributed by atoms with Crippen LogP contribution in [0.15, 0.2) is 60.7 Å². The maximum Gasteiger partial charge on any atom is 0.422 e. The Morgan fingerprint density at radius 1 is 1.11 bits per heavy atom. The maximum atomic E-state index is 14.5. The lowest BCUT2D eigenvalue weighted by Crippen LogP contribution is -2.47. The summed E-state index contributed by atoms with van der Waals surface area (Å²) in [4.78, 5) is 24.2. The number of carbonyl (C=O) groups excluding carboxylic acids is 1. The molecule has 0 aliphatic carbocycles. The molecule has 1 amide bonds. The molecule has 3 aromatic carbocycles. The largest absolute Gasteiger partial charge is 0.482 e. The van der Waals surface area contributed by atoms with Crippen molar-refractivity contribution in [3.8, 4) is 16.9 Å². The van der Waals surface area contributed by atoms with Gasteiger partial charge in [0, 0.05) is 18.0 Å². The van der Waals surface area contributed by atoms with Gasteiger partial charge in [0.15, 0.2) is 12.2 Å². The van der Waals surface area contributed by atoms with Crippen molar-refractivity contribution in [2.75, 3.05) is 18.6 Å². The molecule has 0 unspecified atom stereocenters. The number of nitrogens with zero attached hydrogens (tertiary/aromatic N) is 1. The van der Waals surface area contributed by atoms with E-state index in [4.69, 9.17) is 21.4 Å². The Morgan fingerprint density at radius 3 is 2.46 bits per heavy atom.